The van der Waals surface area contributed by atoms with Gasteiger partial charge in [0.2, 0.25) is 0 Å². The number of nitrogens with zero attached hydrogens (tertiary/aromatic N) is 1. The second kappa shape index (κ2) is 4.30. The summed E-state index contributed by atoms with van der Waals surface area (Å²) >= 11 is 0. The highest BCUT2D eigenvalue weighted by atomic mass is 15.3. The van der Waals surface area contributed by atoms with E-state index in [4.69, 9.17) is 0 Å². The zero-order valence-electron chi connectivity index (χ0n) is 10.7. The van der Waals surface area contributed by atoms with Crippen LogP contribution in [0.4, 0.5) is 0 Å². The molecule has 2 nitrogen and oxygen atoms in total. The minimum absolute atomic E-state index is 0.558. The van der Waals surface area contributed by atoms with Crippen molar-refractivity contribution >= 4 is 0 Å². The maximum absolute atomic E-state index is 3.71. The molecular weight excluding hydrogens is 196 g/mol. The normalized spacial score (nSPS) is 35.4. The third-order valence-corrected chi connectivity index (χ3v) is 5.18. The molecule has 3 fully saturated rings. The van der Waals surface area contributed by atoms with Crippen LogP contribution in [0.3, 0.4) is 0 Å². The Labute approximate surface area is 99.8 Å². The average Bonchev–Trinajstić information content (AvgIpc) is 2.67. The van der Waals surface area contributed by atoms with Crippen LogP contribution in [0, 0.1) is 5.92 Å². The molecular formula is C14H26N2. The van der Waals surface area contributed by atoms with Crippen LogP contribution in [-0.2, 0) is 0 Å². The molecule has 0 aromatic carbocycles. The van der Waals surface area contributed by atoms with Crippen molar-refractivity contribution in [2.75, 3.05) is 19.6 Å². The van der Waals surface area contributed by atoms with Gasteiger partial charge >= 0.3 is 0 Å². The van der Waals surface area contributed by atoms with Gasteiger partial charge in [-0.2, -0.15) is 0 Å². The smallest absolute Gasteiger partial charge is 0.0334 e. The quantitative estimate of drug-likeness (QED) is 0.772. The van der Waals surface area contributed by atoms with E-state index in [1.165, 1.54) is 64.6 Å². The molecule has 92 valence electrons. The molecule has 16 heavy (non-hydrogen) atoms. The highest BCUT2D eigenvalue weighted by Crippen LogP contribution is 2.39. The Bertz CT molecular complexity index is 241. The lowest BCUT2D eigenvalue weighted by molar-refractivity contribution is 0.0207. The van der Waals surface area contributed by atoms with E-state index in [-0.39, 0.29) is 0 Å². The van der Waals surface area contributed by atoms with Gasteiger partial charge in [-0.1, -0.05) is 19.3 Å². The molecule has 3 rings (SSSR count). The number of nitrogens with one attached hydrogen (secondary N) is 1. The molecule has 2 aliphatic carbocycles. The van der Waals surface area contributed by atoms with E-state index < -0.39 is 0 Å². The first-order valence-electron chi connectivity index (χ1n) is 7.27. The van der Waals surface area contributed by atoms with Crippen LogP contribution in [-0.4, -0.2) is 36.1 Å². The van der Waals surface area contributed by atoms with Crippen LogP contribution in [0.2, 0.25) is 0 Å². The Kier molecular flexibility index (Phi) is 2.97. The van der Waals surface area contributed by atoms with Crippen molar-refractivity contribution < 1.29 is 0 Å². The molecule has 1 N–H and O–H groups in total. The predicted octanol–water partition coefficient (Wildman–Crippen LogP) is 2.39. The van der Waals surface area contributed by atoms with Gasteiger partial charge in [-0.25, -0.2) is 0 Å². The van der Waals surface area contributed by atoms with Crippen LogP contribution < -0.4 is 5.32 Å². The van der Waals surface area contributed by atoms with E-state index in [0.717, 1.165) is 5.92 Å². The van der Waals surface area contributed by atoms with Crippen LogP contribution >= 0.6 is 0 Å². The molecule has 1 unspecified atom stereocenters. The molecule has 3 aliphatic rings. The van der Waals surface area contributed by atoms with Gasteiger partial charge in [-0.05, 0) is 38.5 Å². The highest BCUT2D eigenvalue weighted by molar-refractivity contribution is 5.01. The highest BCUT2D eigenvalue weighted by Gasteiger charge is 2.43. The third kappa shape index (κ3) is 1.91. The maximum atomic E-state index is 3.71. The lowest BCUT2D eigenvalue weighted by atomic mass is 9.82. The average molecular weight is 222 g/mol. The van der Waals surface area contributed by atoms with Gasteiger partial charge in [0.1, 0.15) is 0 Å². The van der Waals surface area contributed by atoms with Crippen LogP contribution in [0.25, 0.3) is 0 Å². The number of hydrogen-bond donors (Lipinski definition) is 1. The molecule has 2 saturated carbocycles. The van der Waals surface area contributed by atoms with Crippen LogP contribution in [0.1, 0.15) is 51.9 Å². The van der Waals surface area contributed by atoms with Crippen molar-refractivity contribution in [3.05, 3.63) is 0 Å². The third-order valence-electron chi connectivity index (χ3n) is 5.18. The Hall–Kier alpha value is -0.0800. The molecule has 2 heteroatoms. The Morgan fingerprint density at radius 3 is 2.56 bits per heavy atom. The van der Waals surface area contributed by atoms with E-state index in [2.05, 4.69) is 17.1 Å². The van der Waals surface area contributed by atoms with Gasteiger partial charge in [0.05, 0.1) is 0 Å². The summed E-state index contributed by atoms with van der Waals surface area (Å²) < 4.78 is 0. The van der Waals surface area contributed by atoms with Gasteiger partial charge in [0.15, 0.2) is 0 Å². The molecule has 0 bridgehead atoms. The molecule has 0 aromatic rings. The summed E-state index contributed by atoms with van der Waals surface area (Å²) in [5, 5.41) is 3.71. The van der Waals surface area contributed by atoms with Gasteiger partial charge in [-0.15, -0.1) is 0 Å². The Morgan fingerprint density at radius 1 is 1.19 bits per heavy atom. The Balaban J connectivity index is 1.68. The summed E-state index contributed by atoms with van der Waals surface area (Å²) in [5.41, 5.74) is 0.558. The zero-order chi connectivity index (χ0) is 11.0. The molecule has 1 heterocycles. The second-order valence-corrected chi connectivity index (χ2v) is 6.42. The maximum Gasteiger partial charge on any atom is 0.0334 e. The van der Waals surface area contributed by atoms with Crippen molar-refractivity contribution in [3.63, 3.8) is 0 Å². The van der Waals surface area contributed by atoms with E-state index in [1.807, 2.05) is 0 Å². The van der Waals surface area contributed by atoms with Crippen molar-refractivity contribution in [2.45, 2.75) is 63.5 Å². The van der Waals surface area contributed by atoms with Gasteiger partial charge in [0.25, 0.3) is 0 Å². The standard InChI is InChI=1S/C14H26N2/c1-12-9-16(10-13-5-4-6-13)14(11-15-12)7-2-3-8-14/h12-13,15H,2-11H2,1H3. The van der Waals surface area contributed by atoms with Crippen molar-refractivity contribution in [3.8, 4) is 0 Å². The first kappa shape index (κ1) is 11.0. The number of rotatable bonds is 2. The topological polar surface area (TPSA) is 15.3 Å². The van der Waals surface area contributed by atoms with Crippen molar-refractivity contribution in [1.82, 2.24) is 10.2 Å². The largest absolute Gasteiger partial charge is 0.311 e. The first-order valence-corrected chi connectivity index (χ1v) is 7.27. The first-order chi connectivity index (χ1) is 7.78. The van der Waals surface area contributed by atoms with E-state index in [1.54, 1.807) is 0 Å². The summed E-state index contributed by atoms with van der Waals surface area (Å²) in [7, 11) is 0. The Morgan fingerprint density at radius 2 is 1.94 bits per heavy atom. The monoisotopic (exact) mass is 222 g/mol. The molecule has 1 saturated heterocycles. The molecule has 1 spiro atoms. The SMILES string of the molecule is CC1CN(CC2CCC2)C2(CCCC2)CN1. The minimum Gasteiger partial charge on any atom is -0.311 e. The predicted molar refractivity (Wildman–Crippen MR) is 67.6 cm³/mol. The van der Waals surface area contributed by atoms with Crippen molar-refractivity contribution in [2.24, 2.45) is 5.92 Å². The fraction of sp³-hybridized carbons (Fsp3) is 1.00. The summed E-state index contributed by atoms with van der Waals surface area (Å²) in [4.78, 5) is 2.87. The lowest BCUT2D eigenvalue weighted by Crippen LogP contribution is -2.63. The molecule has 0 aromatic heterocycles. The van der Waals surface area contributed by atoms with Gasteiger partial charge in [-0.3, -0.25) is 4.90 Å². The van der Waals surface area contributed by atoms with E-state index in [0.29, 0.717) is 11.6 Å². The summed E-state index contributed by atoms with van der Waals surface area (Å²) in [6.45, 7) is 6.28. The molecule has 1 aliphatic heterocycles. The minimum atomic E-state index is 0.558. The van der Waals surface area contributed by atoms with Crippen LogP contribution in [0.15, 0.2) is 0 Å². The van der Waals surface area contributed by atoms with E-state index in [9.17, 15) is 0 Å². The number of hydrogen-bond acceptors (Lipinski definition) is 2. The van der Waals surface area contributed by atoms with Crippen molar-refractivity contribution in [1.29, 1.82) is 0 Å². The number of piperazine rings is 1. The van der Waals surface area contributed by atoms with Crippen LogP contribution in [0.5, 0.6) is 0 Å². The molecule has 0 radical (unpaired) electrons. The fourth-order valence-electron chi connectivity index (χ4n) is 3.85. The van der Waals surface area contributed by atoms with E-state index >= 15 is 0 Å². The fourth-order valence-corrected chi connectivity index (χ4v) is 3.85. The lowest BCUT2D eigenvalue weighted by Gasteiger charge is -2.50. The van der Waals surface area contributed by atoms with Gasteiger partial charge in [0, 0.05) is 31.2 Å². The summed E-state index contributed by atoms with van der Waals surface area (Å²) in [6, 6.07) is 0.700. The summed E-state index contributed by atoms with van der Waals surface area (Å²) in [5.74, 6) is 1.03. The zero-order valence-corrected chi connectivity index (χ0v) is 10.7. The molecule has 0 amide bonds. The summed E-state index contributed by atoms with van der Waals surface area (Å²) in [6.07, 6.45) is 10.3. The second-order valence-electron chi connectivity index (χ2n) is 6.42. The van der Waals surface area contributed by atoms with Gasteiger partial charge < -0.3 is 5.32 Å². The molecule has 1 atom stereocenters.